The van der Waals surface area contributed by atoms with E-state index >= 15 is 0 Å². The van der Waals surface area contributed by atoms with E-state index in [0.29, 0.717) is 23.4 Å². The Morgan fingerprint density at radius 1 is 1.29 bits per heavy atom. The van der Waals surface area contributed by atoms with Gasteiger partial charge >= 0.3 is 0 Å². The molecule has 0 radical (unpaired) electrons. The number of rotatable bonds is 4. The van der Waals surface area contributed by atoms with Crippen molar-refractivity contribution in [2.75, 3.05) is 19.8 Å². The van der Waals surface area contributed by atoms with Gasteiger partial charge in [0.2, 0.25) is 0 Å². The molecular weight excluding hydrogens is 259 g/mol. The zero-order valence-electron chi connectivity index (χ0n) is 9.62. The molecule has 0 N–H and O–H groups in total. The molecule has 1 aromatic carbocycles. The Balaban J connectivity index is 1.97. The van der Waals surface area contributed by atoms with Crippen LogP contribution in [0, 0.1) is 5.92 Å². The second kappa shape index (κ2) is 6.48. The minimum Gasteiger partial charge on any atom is -0.491 e. The predicted octanol–water partition coefficient (Wildman–Crippen LogP) is 3.88. The lowest BCUT2D eigenvalue weighted by Gasteiger charge is -2.23. The van der Waals surface area contributed by atoms with E-state index in [4.69, 9.17) is 32.7 Å². The topological polar surface area (TPSA) is 18.5 Å². The van der Waals surface area contributed by atoms with Gasteiger partial charge in [-0.15, -0.1) is 11.6 Å². The van der Waals surface area contributed by atoms with Crippen LogP contribution in [-0.2, 0) is 10.6 Å². The number of halogens is 2. The number of ether oxygens (including phenoxy) is 2. The molecule has 4 heteroatoms. The van der Waals surface area contributed by atoms with Crippen molar-refractivity contribution in [1.82, 2.24) is 0 Å². The van der Waals surface area contributed by atoms with Gasteiger partial charge in [-0.2, -0.15) is 0 Å². The molecule has 1 aromatic rings. The monoisotopic (exact) mass is 274 g/mol. The van der Waals surface area contributed by atoms with Gasteiger partial charge in [0.05, 0.1) is 17.5 Å². The fraction of sp³-hybridized carbons (Fsp3) is 0.538. The highest BCUT2D eigenvalue weighted by atomic mass is 35.5. The molecule has 1 aliphatic heterocycles. The zero-order valence-corrected chi connectivity index (χ0v) is 11.1. The van der Waals surface area contributed by atoms with Gasteiger partial charge in [0.25, 0.3) is 0 Å². The molecule has 1 fully saturated rings. The summed E-state index contributed by atoms with van der Waals surface area (Å²) in [5, 5.41) is 0.634. The summed E-state index contributed by atoms with van der Waals surface area (Å²) < 4.78 is 11.1. The maximum absolute atomic E-state index is 6.12. The fourth-order valence-electron chi connectivity index (χ4n) is 1.93. The molecule has 1 aliphatic rings. The summed E-state index contributed by atoms with van der Waals surface area (Å²) in [5.74, 6) is 1.71. The molecule has 0 aliphatic carbocycles. The summed E-state index contributed by atoms with van der Waals surface area (Å²) in [6.45, 7) is 2.36. The summed E-state index contributed by atoms with van der Waals surface area (Å²) in [5.41, 5.74) is 0.950. The van der Waals surface area contributed by atoms with Crippen LogP contribution < -0.4 is 4.74 Å². The fourth-order valence-corrected chi connectivity index (χ4v) is 2.39. The van der Waals surface area contributed by atoms with E-state index in [1.54, 1.807) is 0 Å². The van der Waals surface area contributed by atoms with E-state index < -0.39 is 0 Å². The molecule has 17 heavy (non-hydrogen) atoms. The SMILES string of the molecule is ClCc1cccc(Cl)c1OCC1CCOCC1. The van der Waals surface area contributed by atoms with E-state index in [9.17, 15) is 0 Å². The summed E-state index contributed by atoms with van der Waals surface area (Å²) >= 11 is 12.0. The average Bonchev–Trinajstić information content (AvgIpc) is 2.38. The van der Waals surface area contributed by atoms with Gasteiger partial charge in [0.15, 0.2) is 0 Å². The van der Waals surface area contributed by atoms with Crippen LogP contribution in [0.4, 0.5) is 0 Å². The van der Waals surface area contributed by atoms with Crippen molar-refractivity contribution in [2.24, 2.45) is 5.92 Å². The third kappa shape index (κ3) is 3.51. The summed E-state index contributed by atoms with van der Waals surface area (Å²) in [7, 11) is 0. The van der Waals surface area contributed by atoms with Crippen LogP contribution in [0.15, 0.2) is 18.2 Å². The van der Waals surface area contributed by atoms with Crippen LogP contribution in [0.1, 0.15) is 18.4 Å². The van der Waals surface area contributed by atoms with Crippen LogP contribution in [-0.4, -0.2) is 19.8 Å². The Bertz CT molecular complexity index is 362. The summed E-state index contributed by atoms with van der Waals surface area (Å²) in [6, 6.07) is 5.66. The molecule has 1 saturated heterocycles. The van der Waals surface area contributed by atoms with Gasteiger partial charge < -0.3 is 9.47 Å². The van der Waals surface area contributed by atoms with Crippen LogP contribution in [0.5, 0.6) is 5.75 Å². The van der Waals surface area contributed by atoms with Crippen molar-refractivity contribution < 1.29 is 9.47 Å². The highest BCUT2D eigenvalue weighted by Crippen LogP contribution is 2.30. The minimum absolute atomic E-state index is 0.420. The second-order valence-electron chi connectivity index (χ2n) is 4.23. The quantitative estimate of drug-likeness (QED) is 0.776. The Kier molecular flexibility index (Phi) is 4.96. The van der Waals surface area contributed by atoms with Crippen LogP contribution in [0.3, 0.4) is 0 Å². The molecule has 0 aromatic heterocycles. The largest absolute Gasteiger partial charge is 0.491 e. The smallest absolute Gasteiger partial charge is 0.142 e. The van der Waals surface area contributed by atoms with E-state index in [-0.39, 0.29) is 0 Å². The Hall–Kier alpha value is -0.440. The van der Waals surface area contributed by atoms with Gasteiger partial charge in [0, 0.05) is 18.8 Å². The number of para-hydroxylation sites is 1. The molecule has 0 atom stereocenters. The van der Waals surface area contributed by atoms with Crippen LogP contribution in [0.25, 0.3) is 0 Å². The predicted molar refractivity (Wildman–Crippen MR) is 70.0 cm³/mol. The third-order valence-electron chi connectivity index (χ3n) is 3.00. The molecule has 2 rings (SSSR count). The van der Waals surface area contributed by atoms with Crippen molar-refractivity contribution in [3.63, 3.8) is 0 Å². The maximum atomic E-state index is 6.12. The highest BCUT2D eigenvalue weighted by Gasteiger charge is 2.16. The van der Waals surface area contributed by atoms with Crippen molar-refractivity contribution >= 4 is 23.2 Å². The first kappa shape index (κ1) is 13.0. The van der Waals surface area contributed by atoms with Gasteiger partial charge in [-0.1, -0.05) is 23.7 Å². The summed E-state index contributed by atoms with van der Waals surface area (Å²) in [6.07, 6.45) is 2.11. The van der Waals surface area contributed by atoms with E-state index in [1.807, 2.05) is 18.2 Å². The molecular formula is C13H16Cl2O2. The minimum atomic E-state index is 0.420. The molecule has 0 saturated carbocycles. The normalized spacial score (nSPS) is 17.1. The summed E-state index contributed by atoms with van der Waals surface area (Å²) in [4.78, 5) is 0. The van der Waals surface area contributed by atoms with Crippen LogP contribution >= 0.6 is 23.2 Å². The average molecular weight is 275 g/mol. The first-order chi connectivity index (χ1) is 8.31. The van der Waals surface area contributed by atoms with Crippen molar-refractivity contribution in [3.05, 3.63) is 28.8 Å². The number of hydrogen-bond donors (Lipinski definition) is 0. The number of hydrogen-bond acceptors (Lipinski definition) is 2. The van der Waals surface area contributed by atoms with Crippen molar-refractivity contribution in [1.29, 1.82) is 0 Å². The number of alkyl halides is 1. The zero-order chi connectivity index (χ0) is 12.1. The second-order valence-corrected chi connectivity index (χ2v) is 4.90. The molecule has 1 heterocycles. The molecule has 0 bridgehead atoms. The molecule has 94 valence electrons. The highest BCUT2D eigenvalue weighted by molar-refractivity contribution is 6.32. The van der Waals surface area contributed by atoms with Gasteiger partial charge in [0.1, 0.15) is 5.75 Å². The molecule has 0 spiro atoms. The van der Waals surface area contributed by atoms with Crippen molar-refractivity contribution in [3.8, 4) is 5.75 Å². The van der Waals surface area contributed by atoms with Crippen LogP contribution in [0.2, 0.25) is 5.02 Å². The Labute approximate surface area is 112 Å². The van der Waals surface area contributed by atoms with Crippen molar-refractivity contribution in [2.45, 2.75) is 18.7 Å². The van der Waals surface area contributed by atoms with E-state index in [2.05, 4.69) is 0 Å². The Morgan fingerprint density at radius 3 is 2.76 bits per heavy atom. The molecule has 0 amide bonds. The van der Waals surface area contributed by atoms with Gasteiger partial charge in [-0.25, -0.2) is 0 Å². The molecule has 2 nitrogen and oxygen atoms in total. The third-order valence-corrected chi connectivity index (χ3v) is 3.58. The Morgan fingerprint density at radius 2 is 2.06 bits per heavy atom. The first-order valence-electron chi connectivity index (χ1n) is 5.85. The lowest BCUT2D eigenvalue weighted by Crippen LogP contribution is -2.21. The van der Waals surface area contributed by atoms with E-state index in [0.717, 1.165) is 37.4 Å². The lowest BCUT2D eigenvalue weighted by molar-refractivity contribution is 0.0496. The first-order valence-corrected chi connectivity index (χ1v) is 6.76. The number of benzene rings is 1. The molecule has 0 unspecified atom stereocenters. The lowest BCUT2D eigenvalue weighted by atomic mass is 10.0. The van der Waals surface area contributed by atoms with Gasteiger partial charge in [-0.3, -0.25) is 0 Å². The standard InChI is InChI=1S/C13H16Cl2O2/c14-8-11-2-1-3-12(15)13(11)17-9-10-4-6-16-7-5-10/h1-3,10H,4-9H2. The van der Waals surface area contributed by atoms with Gasteiger partial charge in [-0.05, 0) is 24.8 Å². The van der Waals surface area contributed by atoms with E-state index in [1.165, 1.54) is 0 Å². The maximum Gasteiger partial charge on any atom is 0.142 e.